The highest BCUT2D eigenvalue weighted by molar-refractivity contribution is 5.75. The molecule has 0 fully saturated rings. The average molecular weight is 338 g/mol. The molecule has 0 saturated carbocycles. The number of hydrogen-bond donors (Lipinski definition) is 3. The molecule has 0 aliphatic carbocycles. The van der Waals surface area contributed by atoms with Crippen LogP contribution >= 0.6 is 0 Å². The van der Waals surface area contributed by atoms with Gasteiger partial charge in [0.1, 0.15) is 11.4 Å². The van der Waals surface area contributed by atoms with Gasteiger partial charge in [0.2, 0.25) is 0 Å². The topological polar surface area (TPSA) is 105 Å². The summed E-state index contributed by atoms with van der Waals surface area (Å²) in [4.78, 5) is 4.20. The van der Waals surface area contributed by atoms with Gasteiger partial charge in [-0.05, 0) is 38.1 Å². The number of hydrogen-bond acceptors (Lipinski definition) is 5. The van der Waals surface area contributed by atoms with Crippen LogP contribution in [-0.2, 0) is 0 Å². The molecule has 0 radical (unpaired) electrons. The van der Waals surface area contributed by atoms with E-state index in [1.807, 2.05) is 6.92 Å². The van der Waals surface area contributed by atoms with Gasteiger partial charge in [-0.3, -0.25) is 4.98 Å². The van der Waals surface area contributed by atoms with Crippen molar-refractivity contribution in [3.05, 3.63) is 81.7 Å². The fraction of sp³-hybridized carbons (Fsp3) is 0.118. The predicted octanol–water partition coefficient (Wildman–Crippen LogP) is -0.324. The van der Waals surface area contributed by atoms with E-state index in [1.54, 1.807) is 49.5 Å². The SMILES string of the molecule is CC1=C([NH+]([O-])O)c2ccccc2[NH+]2[N-]N(c3ccc(C)nc3)C([O-])=C12. The van der Waals surface area contributed by atoms with Gasteiger partial charge in [0.05, 0.1) is 11.1 Å². The Morgan fingerprint density at radius 2 is 1.96 bits per heavy atom. The van der Waals surface area contributed by atoms with E-state index < -0.39 is 5.23 Å². The quantitative estimate of drug-likeness (QED) is 0.651. The number of aromatic nitrogens is 1. The monoisotopic (exact) mass is 338 g/mol. The summed E-state index contributed by atoms with van der Waals surface area (Å²) < 4.78 is 0. The summed E-state index contributed by atoms with van der Waals surface area (Å²) in [6, 6.07) is 10.7. The zero-order chi connectivity index (χ0) is 17.7. The van der Waals surface area contributed by atoms with Gasteiger partial charge in [-0.25, -0.2) is 5.21 Å². The number of fused-ring (bicyclic) bond motifs is 3. The van der Waals surface area contributed by atoms with E-state index in [0.29, 0.717) is 33.2 Å². The minimum Gasteiger partial charge on any atom is -0.857 e. The average Bonchev–Trinajstić information content (AvgIpc) is 2.94. The van der Waals surface area contributed by atoms with E-state index in [4.69, 9.17) is 0 Å². The minimum absolute atomic E-state index is 0.141. The normalized spacial score (nSPS) is 20.6. The zero-order valence-corrected chi connectivity index (χ0v) is 13.6. The zero-order valence-electron chi connectivity index (χ0n) is 13.6. The number of para-hydroxylation sites is 1. The third-order valence-electron chi connectivity index (χ3n) is 4.40. The number of nitrogens with one attached hydrogen (secondary N) is 2. The molecular weight excluding hydrogens is 322 g/mol. The van der Waals surface area contributed by atoms with Crippen LogP contribution in [0.1, 0.15) is 18.2 Å². The van der Waals surface area contributed by atoms with Gasteiger partial charge in [-0.2, -0.15) is 5.23 Å². The molecule has 25 heavy (non-hydrogen) atoms. The second-order valence-corrected chi connectivity index (χ2v) is 5.95. The van der Waals surface area contributed by atoms with Crippen LogP contribution < -0.4 is 20.4 Å². The number of pyridine rings is 1. The van der Waals surface area contributed by atoms with Gasteiger partial charge in [-0.1, -0.05) is 12.1 Å². The fourth-order valence-electron chi connectivity index (χ4n) is 3.20. The molecular formula is C17H16N5O3-. The Kier molecular flexibility index (Phi) is 3.57. The van der Waals surface area contributed by atoms with Crippen LogP contribution in [0.4, 0.5) is 11.4 Å². The van der Waals surface area contributed by atoms with Crippen molar-refractivity contribution in [1.82, 2.24) is 4.98 Å². The van der Waals surface area contributed by atoms with Crippen LogP contribution in [0.3, 0.4) is 0 Å². The maximum atomic E-state index is 12.9. The summed E-state index contributed by atoms with van der Waals surface area (Å²) in [5, 5.41) is 35.1. The summed E-state index contributed by atoms with van der Waals surface area (Å²) in [7, 11) is 0. The Balaban J connectivity index is 1.89. The fourth-order valence-corrected chi connectivity index (χ4v) is 3.20. The number of nitrogens with zero attached hydrogens (tertiary/aromatic N) is 3. The Hall–Kier alpha value is -2.75. The molecule has 2 unspecified atom stereocenters. The smallest absolute Gasteiger partial charge is 0.186 e. The molecule has 0 spiro atoms. The van der Waals surface area contributed by atoms with E-state index >= 15 is 0 Å². The first-order valence-electron chi connectivity index (χ1n) is 7.76. The van der Waals surface area contributed by atoms with Crippen molar-refractivity contribution in [2.24, 2.45) is 0 Å². The second kappa shape index (κ2) is 5.66. The van der Waals surface area contributed by atoms with Gasteiger partial charge < -0.3 is 25.9 Å². The summed E-state index contributed by atoms with van der Waals surface area (Å²) in [5.41, 5.74) is 7.98. The lowest BCUT2D eigenvalue weighted by atomic mass is 9.98. The van der Waals surface area contributed by atoms with Crippen LogP contribution in [0.2, 0.25) is 0 Å². The Bertz CT molecular complexity index is 905. The molecule has 4 rings (SSSR count). The number of rotatable bonds is 2. The molecule has 0 saturated heterocycles. The van der Waals surface area contributed by atoms with Gasteiger partial charge in [-0.15, -0.1) is 0 Å². The lowest BCUT2D eigenvalue weighted by molar-refractivity contribution is -0.986. The molecule has 2 aliphatic heterocycles. The Morgan fingerprint density at radius 1 is 1.20 bits per heavy atom. The lowest BCUT2D eigenvalue weighted by Gasteiger charge is -2.37. The highest BCUT2D eigenvalue weighted by atomic mass is 16.8. The highest BCUT2D eigenvalue weighted by Crippen LogP contribution is 2.34. The van der Waals surface area contributed by atoms with Crippen LogP contribution in [-0.4, -0.2) is 10.2 Å². The van der Waals surface area contributed by atoms with Crippen molar-refractivity contribution in [3.63, 3.8) is 0 Å². The Morgan fingerprint density at radius 3 is 2.64 bits per heavy atom. The highest BCUT2D eigenvalue weighted by Gasteiger charge is 2.36. The second-order valence-electron chi connectivity index (χ2n) is 5.95. The lowest BCUT2D eigenvalue weighted by Crippen LogP contribution is -3.05. The minimum atomic E-state index is -1.06. The van der Waals surface area contributed by atoms with Crippen molar-refractivity contribution < 1.29 is 20.5 Å². The molecule has 0 amide bonds. The van der Waals surface area contributed by atoms with Crippen LogP contribution in [0.25, 0.3) is 11.2 Å². The summed E-state index contributed by atoms with van der Waals surface area (Å²) in [6.45, 7) is 3.51. The largest absolute Gasteiger partial charge is 0.857 e. The van der Waals surface area contributed by atoms with Crippen molar-refractivity contribution in [2.45, 2.75) is 13.8 Å². The van der Waals surface area contributed by atoms with E-state index in [-0.39, 0.29) is 11.6 Å². The molecule has 1 aromatic heterocycles. The van der Waals surface area contributed by atoms with Gasteiger partial charge >= 0.3 is 0 Å². The third-order valence-corrected chi connectivity index (χ3v) is 4.40. The van der Waals surface area contributed by atoms with Gasteiger partial charge in [0.15, 0.2) is 5.70 Å². The van der Waals surface area contributed by atoms with Gasteiger partial charge in [0.25, 0.3) is 0 Å². The predicted molar refractivity (Wildman–Crippen MR) is 87.6 cm³/mol. The van der Waals surface area contributed by atoms with E-state index in [9.17, 15) is 15.5 Å². The molecule has 128 valence electrons. The van der Waals surface area contributed by atoms with E-state index in [1.165, 1.54) is 5.01 Å². The van der Waals surface area contributed by atoms with Gasteiger partial charge in [0, 0.05) is 23.5 Å². The van der Waals surface area contributed by atoms with Crippen molar-refractivity contribution in [3.8, 4) is 0 Å². The van der Waals surface area contributed by atoms with Crippen LogP contribution in [0.5, 0.6) is 0 Å². The molecule has 1 aromatic carbocycles. The Labute approximate surface area is 144 Å². The van der Waals surface area contributed by atoms with E-state index in [2.05, 4.69) is 10.5 Å². The summed E-state index contributed by atoms with van der Waals surface area (Å²) in [5.74, 6) is -0.341. The summed E-state index contributed by atoms with van der Waals surface area (Å²) >= 11 is 0. The van der Waals surface area contributed by atoms with Crippen molar-refractivity contribution in [1.29, 1.82) is 0 Å². The van der Waals surface area contributed by atoms with E-state index in [0.717, 1.165) is 5.69 Å². The number of hydroxylamine groups is 2. The molecule has 8 nitrogen and oxygen atoms in total. The molecule has 3 heterocycles. The number of benzene rings is 1. The van der Waals surface area contributed by atoms with Crippen LogP contribution in [0.15, 0.2) is 59.7 Å². The maximum absolute atomic E-state index is 12.9. The number of quaternary nitrogens is 2. The van der Waals surface area contributed by atoms with Crippen molar-refractivity contribution >= 4 is 17.1 Å². The first kappa shape index (κ1) is 15.8. The molecule has 2 aromatic rings. The number of aryl methyl sites for hydroxylation is 1. The first-order chi connectivity index (χ1) is 12.0. The molecule has 8 heteroatoms. The third kappa shape index (κ3) is 2.32. The standard InChI is InChI=1S/C17H17N5O3/c1-10-7-8-12(9-18-10)20-17(23)16-11(2)15(22(24)25)13-5-3-4-6-14(13)21(16)19-20/h3-9,21-24H,1-2H3/p-1. The molecule has 2 atom stereocenters. The maximum Gasteiger partial charge on any atom is 0.186 e. The molecule has 2 aliphatic rings. The number of anilines is 1. The summed E-state index contributed by atoms with van der Waals surface area (Å²) in [6.07, 6.45) is 1.58. The van der Waals surface area contributed by atoms with Crippen molar-refractivity contribution in [2.75, 3.05) is 5.01 Å². The number of allylic oxidation sites excluding steroid dienone is 1. The van der Waals surface area contributed by atoms with Crippen LogP contribution in [0, 0.1) is 12.1 Å². The molecule has 0 bridgehead atoms. The first-order valence-corrected chi connectivity index (χ1v) is 7.76. The molecule has 3 N–H and O–H groups in total.